The molecule has 0 amide bonds. The molecule has 0 aliphatic rings. The fourth-order valence-electron chi connectivity index (χ4n) is 7.45. The van der Waals surface area contributed by atoms with Crippen molar-refractivity contribution in [1.29, 1.82) is 0 Å². The number of nitrogens with zero attached hydrogens (tertiary/aromatic N) is 1. The number of quaternary nitrogens is 1. The fraction of sp³-hybridized carbons (Fsp3) is 0.746. The molecule has 68 heavy (non-hydrogen) atoms. The molecule has 0 saturated heterocycles. The Kier molecular flexibility index (Phi) is 47.7. The van der Waals surface area contributed by atoms with E-state index in [0.29, 0.717) is 17.4 Å². The van der Waals surface area contributed by atoms with Gasteiger partial charge in [0, 0.05) is 12.8 Å². The molecule has 0 saturated carbocycles. The topological polar surface area (TPSA) is 108 Å². The van der Waals surface area contributed by atoms with Gasteiger partial charge in [-0.25, -0.2) is 4.79 Å². The molecule has 0 aliphatic heterocycles. The van der Waals surface area contributed by atoms with Gasteiger partial charge in [0.1, 0.15) is 13.2 Å². The number of carbonyl (C=O) groups excluding carboxylic acids is 2. The van der Waals surface area contributed by atoms with E-state index in [1.165, 1.54) is 103 Å². The number of unbranched alkanes of at least 4 members (excludes halogenated alkanes) is 23. The van der Waals surface area contributed by atoms with Gasteiger partial charge in [0.2, 0.25) is 0 Å². The number of ether oxygens (including phenoxy) is 4. The van der Waals surface area contributed by atoms with Crippen LogP contribution in [0, 0.1) is 0 Å². The second-order valence-electron chi connectivity index (χ2n) is 19.5. The molecule has 9 nitrogen and oxygen atoms in total. The van der Waals surface area contributed by atoms with Gasteiger partial charge in [0.05, 0.1) is 34.4 Å². The highest BCUT2D eigenvalue weighted by Gasteiger charge is 2.25. The van der Waals surface area contributed by atoms with Gasteiger partial charge in [0.15, 0.2) is 6.10 Å². The van der Waals surface area contributed by atoms with Gasteiger partial charge in [0.25, 0.3) is 6.29 Å². The zero-order valence-corrected chi connectivity index (χ0v) is 44.5. The normalized spacial score (nSPS) is 13.4. The zero-order valence-electron chi connectivity index (χ0n) is 44.5. The number of carbonyl (C=O) groups is 3. The Balaban J connectivity index is 4.06. The summed E-state index contributed by atoms with van der Waals surface area (Å²) in [5, 5.41) is 9.66. The number of hydrogen-bond acceptors (Lipinski definition) is 7. The van der Waals surface area contributed by atoms with Gasteiger partial charge in [-0.2, -0.15) is 0 Å². The van der Waals surface area contributed by atoms with Gasteiger partial charge in [-0.3, -0.25) is 9.59 Å². The third-order valence-corrected chi connectivity index (χ3v) is 11.7. The van der Waals surface area contributed by atoms with Crippen molar-refractivity contribution < 1.29 is 42.9 Å². The summed E-state index contributed by atoms with van der Waals surface area (Å²) < 4.78 is 22.8. The van der Waals surface area contributed by atoms with E-state index in [9.17, 15) is 19.5 Å². The highest BCUT2D eigenvalue weighted by Crippen LogP contribution is 2.16. The molecular formula is C59H104NO8+. The van der Waals surface area contributed by atoms with Gasteiger partial charge in [-0.1, -0.05) is 209 Å². The SMILES string of the molecule is CC/C=C\C/C=C\C/C=C\C/C=C\C/C=C\CCCCCCCCCCCCCCCCCCCC(=O)OC(COC(=O)CCCCCCC/C=C\CCC)COC(OCC[N+](C)(C)C)C(=O)O. The summed E-state index contributed by atoms with van der Waals surface area (Å²) in [4.78, 5) is 37.2. The van der Waals surface area contributed by atoms with Crippen LogP contribution in [0.25, 0.3) is 0 Å². The van der Waals surface area contributed by atoms with Crippen LogP contribution in [0.1, 0.15) is 226 Å². The average Bonchev–Trinajstić information content (AvgIpc) is 3.30. The number of allylic oxidation sites excluding steroid dienone is 12. The molecule has 1 N–H and O–H groups in total. The predicted octanol–water partition coefficient (Wildman–Crippen LogP) is 15.8. The summed E-state index contributed by atoms with van der Waals surface area (Å²) in [6.45, 7) is 4.69. The lowest BCUT2D eigenvalue weighted by molar-refractivity contribution is -0.870. The molecule has 0 aromatic carbocycles. The zero-order chi connectivity index (χ0) is 49.9. The van der Waals surface area contributed by atoms with Crippen molar-refractivity contribution in [3.8, 4) is 0 Å². The van der Waals surface area contributed by atoms with Gasteiger partial charge >= 0.3 is 17.9 Å². The summed E-state index contributed by atoms with van der Waals surface area (Å²) >= 11 is 0. The molecule has 2 atom stereocenters. The largest absolute Gasteiger partial charge is 0.477 e. The molecule has 0 aromatic rings. The fourth-order valence-corrected chi connectivity index (χ4v) is 7.45. The Labute approximate surface area is 417 Å². The van der Waals surface area contributed by atoms with Crippen LogP contribution < -0.4 is 0 Å². The quantitative estimate of drug-likeness (QED) is 0.0211. The number of likely N-dealkylation sites (N-methyl/N-ethyl adjacent to an activating group) is 1. The standard InChI is InChI=1S/C59H103NO8/c1-6-8-10-12-14-16-18-19-20-21-22-23-24-25-26-27-28-29-30-31-32-33-34-35-36-37-38-39-40-42-44-46-48-50-57(62)68-55(54-67-59(58(63)64)65-52-51-60(3,4)5)53-66-56(61)49-47-45-43-41-17-15-13-11-9-7-2/h8,10-11,13-14,16,19-20,22-23,25-26,55,59H,6-7,9,12,15,17-18,21,24,27-54H2,1-5H3/p+1/b10-8-,13-11-,16-14-,20-19-,23-22-,26-25-. The summed E-state index contributed by atoms with van der Waals surface area (Å²) in [6.07, 6.45) is 61.4. The summed E-state index contributed by atoms with van der Waals surface area (Å²) in [7, 11) is 5.96. The molecule has 0 rings (SSSR count). The van der Waals surface area contributed by atoms with Crippen LogP contribution >= 0.6 is 0 Å². The van der Waals surface area contributed by atoms with E-state index in [-0.39, 0.29) is 32.2 Å². The van der Waals surface area contributed by atoms with Gasteiger partial charge in [-0.15, -0.1) is 0 Å². The summed E-state index contributed by atoms with van der Waals surface area (Å²) in [5.41, 5.74) is 0. The van der Waals surface area contributed by atoms with Crippen molar-refractivity contribution >= 4 is 17.9 Å². The highest BCUT2D eigenvalue weighted by molar-refractivity contribution is 5.71. The van der Waals surface area contributed by atoms with Crippen LogP contribution in [0.2, 0.25) is 0 Å². The molecule has 0 aromatic heterocycles. The molecule has 0 spiro atoms. The van der Waals surface area contributed by atoms with Crippen molar-refractivity contribution in [2.24, 2.45) is 0 Å². The van der Waals surface area contributed by atoms with Crippen molar-refractivity contribution in [2.45, 2.75) is 238 Å². The van der Waals surface area contributed by atoms with Crippen LogP contribution in [0.4, 0.5) is 0 Å². The van der Waals surface area contributed by atoms with Crippen molar-refractivity contribution in [3.05, 3.63) is 72.9 Å². The first-order chi connectivity index (χ1) is 33.1. The number of hydrogen-bond donors (Lipinski definition) is 1. The number of carboxylic acids is 1. The lowest BCUT2D eigenvalue weighted by Crippen LogP contribution is -2.40. The minimum absolute atomic E-state index is 0.185. The monoisotopic (exact) mass is 955 g/mol. The molecule has 0 heterocycles. The molecule has 392 valence electrons. The van der Waals surface area contributed by atoms with Crippen LogP contribution in [0.5, 0.6) is 0 Å². The average molecular weight is 955 g/mol. The number of aliphatic carboxylic acids is 1. The second-order valence-corrected chi connectivity index (χ2v) is 19.5. The Morgan fingerprint density at radius 1 is 0.456 bits per heavy atom. The molecule has 0 radical (unpaired) electrons. The van der Waals surface area contributed by atoms with E-state index in [1.54, 1.807) is 0 Å². The Morgan fingerprint density at radius 3 is 1.26 bits per heavy atom. The first kappa shape index (κ1) is 64.7. The Bertz CT molecular complexity index is 1340. The van der Waals surface area contributed by atoms with E-state index in [2.05, 4.69) is 86.8 Å². The van der Waals surface area contributed by atoms with Gasteiger partial charge in [-0.05, 0) is 77.0 Å². The minimum atomic E-state index is -1.51. The maximum absolute atomic E-state index is 12.8. The molecule has 9 heteroatoms. The van der Waals surface area contributed by atoms with Crippen LogP contribution in [-0.4, -0.2) is 87.4 Å². The van der Waals surface area contributed by atoms with E-state index in [1.807, 2.05) is 21.1 Å². The first-order valence-electron chi connectivity index (χ1n) is 27.6. The van der Waals surface area contributed by atoms with Crippen LogP contribution in [0.15, 0.2) is 72.9 Å². The van der Waals surface area contributed by atoms with Crippen molar-refractivity contribution in [1.82, 2.24) is 0 Å². The van der Waals surface area contributed by atoms with Crippen LogP contribution in [0.3, 0.4) is 0 Å². The van der Waals surface area contributed by atoms with Gasteiger partial charge < -0.3 is 28.5 Å². The lowest BCUT2D eigenvalue weighted by Gasteiger charge is -2.25. The first-order valence-corrected chi connectivity index (χ1v) is 27.6. The number of rotatable bonds is 50. The maximum Gasteiger partial charge on any atom is 0.361 e. The molecule has 0 bridgehead atoms. The van der Waals surface area contributed by atoms with Crippen molar-refractivity contribution in [3.63, 3.8) is 0 Å². The van der Waals surface area contributed by atoms with Crippen LogP contribution in [-0.2, 0) is 33.3 Å². The minimum Gasteiger partial charge on any atom is -0.477 e. The third-order valence-electron chi connectivity index (χ3n) is 11.7. The van der Waals surface area contributed by atoms with E-state index in [0.717, 1.165) is 96.3 Å². The second kappa shape index (κ2) is 50.1. The predicted molar refractivity (Wildman–Crippen MR) is 286 cm³/mol. The Morgan fingerprint density at radius 2 is 0.838 bits per heavy atom. The number of carboxylic acid groups (broad SMARTS) is 1. The number of esters is 2. The van der Waals surface area contributed by atoms with Crippen molar-refractivity contribution in [2.75, 3.05) is 47.5 Å². The van der Waals surface area contributed by atoms with E-state index in [4.69, 9.17) is 18.9 Å². The van der Waals surface area contributed by atoms with E-state index < -0.39 is 24.3 Å². The molecule has 2 unspecified atom stereocenters. The Hall–Kier alpha value is -3.27. The summed E-state index contributed by atoms with van der Waals surface area (Å²) in [6, 6.07) is 0. The molecular weight excluding hydrogens is 851 g/mol. The van der Waals surface area contributed by atoms with E-state index >= 15 is 0 Å². The smallest absolute Gasteiger partial charge is 0.361 e. The molecule has 0 fully saturated rings. The molecule has 0 aliphatic carbocycles. The lowest BCUT2D eigenvalue weighted by atomic mass is 10.0. The third kappa shape index (κ3) is 50.6. The highest BCUT2D eigenvalue weighted by atomic mass is 16.7. The summed E-state index contributed by atoms with van der Waals surface area (Å²) in [5.74, 6) is -2.02. The maximum atomic E-state index is 12.8.